The summed E-state index contributed by atoms with van der Waals surface area (Å²) in [5, 5.41) is 22.1. The predicted octanol–water partition coefficient (Wildman–Crippen LogP) is 7.21. The molecular formula is C38H26Cl2F3N5O7. The number of rotatable bonds is 6. The van der Waals surface area contributed by atoms with E-state index in [4.69, 9.17) is 23.2 Å². The third-order valence-corrected chi connectivity index (χ3v) is 11.6. The van der Waals surface area contributed by atoms with Crippen molar-refractivity contribution in [3.05, 3.63) is 134 Å². The molecule has 0 radical (unpaired) electrons. The Morgan fingerprint density at radius 2 is 1.58 bits per heavy atom. The van der Waals surface area contributed by atoms with Gasteiger partial charge in [0.1, 0.15) is 5.75 Å². The number of carbonyl (C=O) groups is 4. The number of phenols is 1. The molecule has 1 saturated carbocycles. The number of fused-ring (bicyclic) bond motifs is 4. The van der Waals surface area contributed by atoms with Crippen molar-refractivity contribution in [2.75, 3.05) is 10.3 Å². The number of anilines is 2. The van der Waals surface area contributed by atoms with Crippen LogP contribution in [0.1, 0.15) is 35.4 Å². The maximum atomic E-state index is 15.2. The number of nitrogens with zero attached hydrogens (tertiary/aromatic N) is 4. The second kappa shape index (κ2) is 12.9. The number of allylic oxidation sites excluding steroid dienone is 2. The second-order valence-corrected chi connectivity index (χ2v) is 14.6. The summed E-state index contributed by atoms with van der Waals surface area (Å²) in [6, 6.07) is 17.9. The molecule has 2 saturated heterocycles. The molecule has 55 heavy (non-hydrogen) atoms. The van der Waals surface area contributed by atoms with Gasteiger partial charge in [-0.2, -0.15) is 18.2 Å². The molecule has 3 heterocycles. The fraction of sp³-hybridized carbons (Fsp3) is 0.237. The fourth-order valence-electron chi connectivity index (χ4n) is 8.80. The van der Waals surface area contributed by atoms with Gasteiger partial charge in [0.15, 0.2) is 5.82 Å². The zero-order valence-electron chi connectivity index (χ0n) is 28.0. The van der Waals surface area contributed by atoms with Crippen LogP contribution in [0.25, 0.3) is 0 Å². The number of carbonyl (C=O) groups excluding carboxylic acids is 4. The van der Waals surface area contributed by atoms with Crippen LogP contribution in [0, 0.1) is 33.8 Å². The molecule has 4 aliphatic rings. The van der Waals surface area contributed by atoms with Crippen LogP contribution in [0.15, 0.2) is 96.7 Å². The van der Waals surface area contributed by atoms with E-state index >= 15 is 4.79 Å². The van der Waals surface area contributed by atoms with Gasteiger partial charge in [-0.05, 0) is 72.4 Å². The number of nitro benzene ring substituents is 1. The number of non-ortho nitro benzene ring substituents is 1. The number of nitrogens with one attached hydrogen (secondary N) is 1. The number of hydrazine groups is 1. The SMILES string of the molecule is O=C1[C@@H]2C[C@@H]3C(=CC[C@@H]4C(=O)N(c5ccc([N+](=O)[O-])cc5)C(=O)[C@@H]43)[C@H](c3ccc(O)cc3)[C@]2(c2ccc(Cl)cc2)C(=O)N1Nc1ncc(C(F)(F)F)cc1Cl. The summed E-state index contributed by atoms with van der Waals surface area (Å²) in [6.07, 6.45) is -2.46. The zero-order chi connectivity index (χ0) is 39.1. The average Bonchev–Trinajstić information content (AvgIpc) is 3.53. The Morgan fingerprint density at radius 1 is 0.909 bits per heavy atom. The van der Waals surface area contributed by atoms with E-state index in [1.165, 1.54) is 36.4 Å². The van der Waals surface area contributed by atoms with E-state index in [0.29, 0.717) is 39.0 Å². The van der Waals surface area contributed by atoms with Gasteiger partial charge in [-0.15, -0.1) is 0 Å². The Bertz CT molecular complexity index is 2340. The van der Waals surface area contributed by atoms with Gasteiger partial charge < -0.3 is 5.11 Å². The average molecular weight is 793 g/mol. The van der Waals surface area contributed by atoms with Gasteiger partial charge in [-0.3, -0.25) is 39.6 Å². The van der Waals surface area contributed by atoms with Gasteiger partial charge >= 0.3 is 6.18 Å². The molecule has 3 aromatic carbocycles. The number of halogens is 5. The van der Waals surface area contributed by atoms with Crippen LogP contribution in [0.5, 0.6) is 5.75 Å². The number of benzene rings is 3. The molecule has 4 aromatic rings. The van der Waals surface area contributed by atoms with Gasteiger partial charge in [0, 0.05) is 29.3 Å². The summed E-state index contributed by atoms with van der Waals surface area (Å²) in [7, 11) is 0. The van der Waals surface area contributed by atoms with Crippen molar-refractivity contribution >= 4 is 64.0 Å². The monoisotopic (exact) mass is 791 g/mol. The largest absolute Gasteiger partial charge is 0.508 e. The van der Waals surface area contributed by atoms with Crippen molar-refractivity contribution in [3.63, 3.8) is 0 Å². The zero-order valence-corrected chi connectivity index (χ0v) is 29.5. The molecular weight excluding hydrogens is 766 g/mol. The molecule has 0 unspecified atom stereocenters. The van der Waals surface area contributed by atoms with Crippen molar-refractivity contribution in [2.24, 2.45) is 23.7 Å². The van der Waals surface area contributed by atoms with Crippen LogP contribution in [0.4, 0.5) is 30.4 Å². The Hall–Kier alpha value is -5.80. The number of hydrogen-bond donors (Lipinski definition) is 2. The molecule has 2 aliphatic carbocycles. The maximum absolute atomic E-state index is 15.2. The molecule has 4 amide bonds. The van der Waals surface area contributed by atoms with Crippen LogP contribution in [-0.4, -0.2) is 43.7 Å². The summed E-state index contributed by atoms with van der Waals surface area (Å²) in [5.41, 5.74) is 1.05. The molecule has 0 spiro atoms. The number of aromatic hydroxyl groups is 1. The summed E-state index contributed by atoms with van der Waals surface area (Å²) in [5.74, 6) is -7.95. The number of amides is 4. The van der Waals surface area contributed by atoms with E-state index in [-0.39, 0.29) is 30.0 Å². The van der Waals surface area contributed by atoms with Crippen molar-refractivity contribution in [1.29, 1.82) is 0 Å². The second-order valence-electron chi connectivity index (χ2n) is 13.8. The molecule has 2 N–H and O–H groups in total. The van der Waals surface area contributed by atoms with E-state index in [1.54, 1.807) is 36.4 Å². The summed E-state index contributed by atoms with van der Waals surface area (Å²) < 4.78 is 40.3. The first-order chi connectivity index (χ1) is 26.1. The minimum atomic E-state index is -4.77. The first kappa shape index (κ1) is 36.2. The first-order valence-corrected chi connectivity index (χ1v) is 17.6. The van der Waals surface area contributed by atoms with Gasteiger partial charge in [-0.1, -0.05) is 59.1 Å². The molecule has 12 nitrogen and oxygen atoms in total. The number of aromatic nitrogens is 1. The Kier molecular flexibility index (Phi) is 8.50. The molecule has 280 valence electrons. The number of hydrogen-bond acceptors (Lipinski definition) is 9. The third-order valence-electron chi connectivity index (χ3n) is 11.1. The van der Waals surface area contributed by atoms with Gasteiger partial charge in [0.05, 0.1) is 44.4 Å². The minimum Gasteiger partial charge on any atom is -0.508 e. The van der Waals surface area contributed by atoms with Gasteiger partial charge in [-0.25, -0.2) is 4.98 Å². The molecule has 8 rings (SSSR count). The predicted molar refractivity (Wildman–Crippen MR) is 191 cm³/mol. The van der Waals surface area contributed by atoms with E-state index in [2.05, 4.69) is 10.4 Å². The molecule has 1 aromatic heterocycles. The molecule has 3 fully saturated rings. The Morgan fingerprint density at radius 3 is 2.20 bits per heavy atom. The summed E-state index contributed by atoms with van der Waals surface area (Å²) in [4.78, 5) is 73.7. The lowest BCUT2D eigenvalue weighted by Crippen LogP contribution is -2.53. The summed E-state index contributed by atoms with van der Waals surface area (Å²) >= 11 is 12.5. The molecule has 6 atom stereocenters. The van der Waals surface area contributed by atoms with Crippen LogP contribution < -0.4 is 10.3 Å². The Labute approximate surface area is 319 Å². The molecule has 17 heteroatoms. The van der Waals surface area contributed by atoms with Crippen LogP contribution >= 0.6 is 23.2 Å². The standard InChI is InChI=1S/C38H26Cl2F3N5O7/c39-21-5-3-19(4-6-21)37-28(34(51)47(36(37)53)45-32-29(40)15-20(17-44-32)38(41,42)43)16-27-25(31(37)18-1-11-24(49)12-2-18)13-14-26-30(27)35(52)46(33(26)50)22-7-9-23(10-8-22)48(54)55/h1-13,15,17,26-28,30-31,49H,14,16H2,(H,44,45)/t26-,27+,28-,30-,31-,37+/m0/s1. The lowest BCUT2D eigenvalue weighted by Gasteiger charge is -2.50. The molecule has 2 aliphatic heterocycles. The Balaban J connectivity index is 1.28. The van der Waals surface area contributed by atoms with E-state index in [1.807, 2.05) is 6.08 Å². The van der Waals surface area contributed by atoms with Crippen molar-refractivity contribution < 1.29 is 42.4 Å². The quantitative estimate of drug-likeness (QED) is 0.0889. The normalized spacial score (nSPS) is 26.1. The lowest BCUT2D eigenvalue weighted by atomic mass is 9.49. The minimum absolute atomic E-state index is 0.0821. The number of alkyl halides is 3. The van der Waals surface area contributed by atoms with Crippen LogP contribution in [0.2, 0.25) is 10.0 Å². The fourth-order valence-corrected chi connectivity index (χ4v) is 9.14. The van der Waals surface area contributed by atoms with Crippen molar-refractivity contribution in [3.8, 4) is 5.75 Å². The van der Waals surface area contributed by atoms with Crippen molar-refractivity contribution in [2.45, 2.75) is 30.4 Å². The maximum Gasteiger partial charge on any atom is 0.417 e. The summed E-state index contributed by atoms with van der Waals surface area (Å²) in [6.45, 7) is 0. The van der Waals surface area contributed by atoms with Gasteiger partial charge in [0.25, 0.3) is 17.5 Å². The highest BCUT2D eigenvalue weighted by molar-refractivity contribution is 6.33. The van der Waals surface area contributed by atoms with Crippen molar-refractivity contribution in [1.82, 2.24) is 9.99 Å². The highest BCUT2D eigenvalue weighted by Gasteiger charge is 2.70. The van der Waals surface area contributed by atoms with Gasteiger partial charge in [0.2, 0.25) is 11.8 Å². The number of pyridine rings is 1. The lowest BCUT2D eigenvalue weighted by molar-refractivity contribution is -0.384. The van der Waals surface area contributed by atoms with E-state index < -0.39 is 86.1 Å². The van der Waals surface area contributed by atoms with E-state index in [0.717, 1.165) is 4.90 Å². The van der Waals surface area contributed by atoms with Crippen LogP contribution in [-0.2, 0) is 30.8 Å². The smallest absolute Gasteiger partial charge is 0.417 e. The third kappa shape index (κ3) is 5.55. The first-order valence-electron chi connectivity index (χ1n) is 16.9. The highest BCUT2D eigenvalue weighted by atomic mass is 35.5. The number of nitro groups is 1. The topological polar surface area (TPSA) is 163 Å². The number of imide groups is 2. The highest BCUT2D eigenvalue weighted by Crippen LogP contribution is 2.64. The molecule has 0 bridgehead atoms. The van der Waals surface area contributed by atoms with Crippen LogP contribution in [0.3, 0.4) is 0 Å². The van der Waals surface area contributed by atoms with E-state index in [9.17, 15) is 42.8 Å². The number of phenolic OH excluding ortho intramolecular Hbond substituents is 1.